The van der Waals surface area contributed by atoms with E-state index in [1.54, 1.807) is 15.4 Å². The topological polar surface area (TPSA) is 87.5 Å². The number of aryl methyl sites for hydroxylation is 1. The van der Waals surface area contributed by atoms with E-state index in [2.05, 4.69) is 109 Å². The van der Waals surface area contributed by atoms with Crippen LogP contribution in [0.2, 0.25) is 0 Å². The molecule has 5 aromatic rings. The SMILES string of the molecule is C[C@@H](c1ccccc1)N1CCN(c2ccc(-c3cc(-c4cnn(C)c4)cn4ncc(C#N)c34)cn2)CC1.ClOCl. The number of piperazine rings is 1. The Morgan fingerprint density at radius 3 is 2.27 bits per heavy atom. The maximum Gasteiger partial charge on any atom is 0.128 e. The van der Waals surface area contributed by atoms with E-state index in [-0.39, 0.29) is 0 Å². The number of rotatable bonds is 5. The maximum absolute atomic E-state index is 9.69. The number of pyridine rings is 2. The molecule has 40 heavy (non-hydrogen) atoms. The molecule has 0 bridgehead atoms. The third-order valence-corrected chi connectivity index (χ3v) is 7.30. The molecule has 0 saturated carbocycles. The van der Waals surface area contributed by atoms with E-state index in [0.717, 1.165) is 59.8 Å². The van der Waals surface area contributed by atoms with Gasteiger partial charge in [-0.1, -0.05) is 30.3 Å². The van der Waals surface area contributed by atoms with Gasteiger partial charge in [-0.05, 0) is 30.7 Å². The Hall–Kier alpha value is -3.94. The van der Waals surface area contributed by atoms with Crippen molar-refractivity contribution in [1.29, 1.82) is 5.26 Å². The number of anilines is 1. The van der Waals surface area contributed by atoms with Gasteiger partial charge in [-0.25, -0.2) is 9.50 Å². The Morgan fingerprint density at radius 2 is 1.65 bits per heavy atom. The number of halogens is 2. The van der Waals surface area contributed by atoms with E-state index in [1.165, 1.54) is 5.56 Å². The summed E-state index contributed by atoms with van der Waals surface area (Å²) in [6.07, 6.45) is 9.27. The molecule has 1 aliphatic rings. The molecule has 0 N–H and O–H groups in total. The van der Waals surface area contributed by atoms with E-state index in [1.807, 2.05) is 31.8 Å². The first kappa shape index (κ1) is 27.6. The monoisotopic (exact) mass is 574 g/mol. The van der Waals surface area contributed by atoms with Crippen LogP contribution in [0.4, 0.5) is 5.82 Å². The average Bonchev–Trinajstić information content (AvgIpc) is 3.63. The first-order chi connectivity index (χ1) is 19.5. The Balaban J connectivity index is 0.00000103. The number of aromatic nitrogens is 5. The number of benzene rings is 1. The van der Waals surface area contributed by atoms with Crippen LogP contribution in [-0.4, -0.2) is 55.5 Å². The third kappa shape index (κ3) is 5.81. The fourth-order valence-corrected chi connectivity index (χ4v) is 5.16. The van der Waals surface area contributed by atoms with Crippen LogP contribution in [0.3, 0.4) is 0 Å². The highest BCUT2D eigenvalue weighted by atomic mass is 35.6. The number of nitrogens with zero attached hydrogens (tertiary/aromatic N) is 8. The molecule has 0 radical (unpaired) electrons. The Bertz CT molecular complexity index is 1600. The average molecular weight is 576 g/mol. The third-order valence-electron chi connectivity index (χ3n) is 7.30. The lowest BCUT2D eigenvalue weighted by Gasteiger charge is -2.38. The van der Waals surface area contributed by atoms with Crippen LogP contribution in [0, 0.1) is 11.3 Å². The summed E-state index contributed by atoms with van der Waals surface area (Å²) in [5, 5.41) is 18.4. The summed E-state index contributed by atoms with van der Waals surface area (Å²) < 4.78 is 6.75. The van der Waals surface area contributed by atoms with Crippen molar-refractivity contribution in [2.75, 3.05) is 31.1 Å². The molecule has 1 aliphatic heterocycles. The highest BCUT2D eigenvalue weighted by Gasteiger charge is 2.23. The van der Waals surface area contributed by atoms with Gasteiger partial charge in [0.05, 0.1) is 47.2 Å². The molecular formula is C29H28Cl2N8O. The molecule has 1 saturated heterocycles. The fraction of sp³-hybridized carbons (Fsp3) is 0.241. The smallest absolute Gasteiger partial charge is 0.128 e. The minimum Gasteiger partial charge on any atom is -0.354 e. The second kappa shape index (κ2) is 12.5. The highest BCUT2D eigenvalue weighted by Crippen LogP contribution is 2.32. The molecule has 5 heterocycles. The largest absolute Gasteiger partial charge is 0.354 e. The Morgan fingerprint density at radius 1 is 0.900 bits per heavy atom. The molecule has 11 heteroatoms. The van der Waals surface area contributed by atoms with E-state index in [0.29, 0.717) is 11.6 Å². The van der Waals surface area contributed by atoms with Crippen molar-refractivity contribution in [1.82, 2.24) is 29.3 Å². The van der Waals surface area contributed by atoms with Crippen LogP contribution >= 0.6 is 23.7 Å². The number of nitriles is 1. The van der Waals surface area contributed by atoms with E-state index < -0.39 is 0 Å². The molecular weight excluding hydrogens is 547 g/mol. The van der Waals surface area contributed by atoms with Gasteiger partial charge in [0.2, 0.25) is 0 Å². The van der Waals surface area contributed by atoms with Crippen LogP contribution in [0.15, 0.2) is 79.5 Å². The molecule has 0 amide bonds. The van der Waals surface area contributed by atoms with Crippen molar-refractivity contribution in [3.05, 3.63) is 90.6 Å². The van der Waals surface area contributed by atoms with Crippen LogP contribution < -0.4 is 4.90 Å². The second-order valence-electron chi connectivity index (χ2n) is 9.58. The zero-order valence-corrected chi connectivity index (χ0v) is 23.7. The van der Waals surface area contributed by atoms with Crippen molar-refractivity contribution < 1.29 is 3.84 Å². The molecule has 0 unspecified atom stereocenters. The predicted molar refractivity (Wildman–Crippen MR) is 157 cm³/mol. The van der Waals surface area contributed by atoms with Gasteiger partial charge in [-0.2, -0.15) is 19.3 Å². The maximum atomic E-state index is 9.69. The molecule has 204 valence electrons. The first-order valence-corrected chi connectivity index (χ1v) is 13.4. The van der Waals surface area contributed by atoms with Crippen molar-refractivity contribution in [3.8, 4) is 28.3 Å². The lowest BCUT2D eigenvalue weighted by atomic mass is 10.0. The van der Waals surface area contributed by atoms with Gasteiger partial charge in [0.25, 0.3) is 0 Å². The Kier molecular flexibility index (Phi) is 8.63. The van der Waals surface area contributed by atoms with Crippen molar-refractivity contribution in [2.45, 2.75) is 13.0 Å². The van der Waals surface area contributed by atoms with E-state index >= 15 is 0 Å². The molecule has 0 aliphatic carbocycles. The molecule has 1 aromatic carbocycles. The Labute approximate surface area is 243 Å². The lowest BCUT2D eigenvalue weighted by Crippen LogP contribution is -2.47. The molecule has 1 fully saturated rings. The summed E-state index contributed by atoms with van der Waals surface area (Å²) in [5.41, 5.74) is 6.54. The van der Waals surface area contributed by atoms with Crippen LogP contribution in [-0.2, 0) is 10.9 Å². The van der Waals surface area contributed by atoms with E-state index in [9.17, 15) is 5.26 Å². The van der Waals surface area contributed by atoms with Gasteiger partial charge in [0.15, 0.2) is 0 Å². The lowest BCUT2D eigenvalue weighted by molar-refractivity contribution is 0.198. The molecule has 6 rings (SSSR count). The van der Waals surface area contributed by atoms with Crippen molar-refractivity contribution >= 4 is 35.1 Å². The zero-order chi connectivity index (χ0) is 28.1. The summed E-state index contributed by atoms with van der Waals surface area (Å²) in [6.45, 7) is 6.14. The van der Waals surface area contributed by atoms with Gasteiger partial charge in [0, 0.05) is 80.1 Å². The quantitative estimate of drug-likeness (QED) is 0.259. The molecule has 0 spiro atoms. The molecule has 1 atom stereocenters. The fourth-order valence-electron chi connectivity index (χ4n) is 5.16. The van der Waals surface area contributed by atoms with Crippen molar-refractivity contribution in [2.24, 2.45) is 7.05 Å². The summed E-state index contributed by atoms with van der Waals surface area (Å²) in [6, 6.07) is 19.6. The summed E-state index contributed by atoms with van der Waals surface area (Å²) in [4.78, 5) is 9.72. The highest BCUT2D eigenvalue weighted by molar-refractivity contribution is 6.24. The van der Waals surface area contributed by atoms with Crippen LogP contribution in [0.25, 0.3) is 27.8 Å². The van der Waals surface area contributed by atoms with Gasteiger partial charge in [0.1, 0.15) is 11.9 Å². The van der Waals surface area contributed by atoms with Gasteiger partial charge in [-0.3, -0.25) is 9.58 Å². The predicted octanol–water partition coefficient (Wildman–Crippen LogP) is 5.86. The second-order valence-corrected chi connectivity index (χ2v) is 10.0. The number of fused-ring (bicyclic) bond motifs is 1. The number of hydrogen-bond donors (Lipinski definition) is 0. The summed E-state index contributed by atoms with van der Waals surface area (Å²) in [5.74, 6) is 0.976. The minimum atomic E-state index is 0.401. The standard InChI is InChI=1S/C29H28N8.Cl2O/c1-21(22-6-4-3-5-7-22)35-10-12-36(13-11-35)28-9-8-23(16-31-28)27-14-24(26-18-32-34(2)19-26)20-37-29(27)25(15-30)17-33-37;1-3-2/h3-9,14,16-21H,10-13H2,1-2H3;/t21-;/m0./s1. The van der Waals surface area contributed by atoms with Crippen molar-refractivity contribution in [3.63, 3.8) is 0 Å². The normalized spacial score (nSPS) is 14.4. The zero-order valence-electron chi connectivity index (χ0n) is 22.2. The van der Waals surface area contributed by atoms with Crippen LogP contribution in [0.5, 0.6) is 0 Å². The molecule has 4 aromatic heterocycles. The van der Waals surface area contributed by atoms with Gasteiger partial charge >= 0.3 is 0 Å². The van der Waals surface area contributed by atoms with E-state index in [4.69, 9.17) is 4.98 Å². The first-order valence-electron chi connectivity index (χ1n) is 12.8. The molecule has 9 nitrogen and oxygen atoms in total. The summed E-state index contributed by atoms with van der Waals surface area (Å²) >= 11 is 8.53. The summed E-state index contributed by atoms with van der Waals surface area (Å²) in [7, 11) is 1.90. The van der Waals surface area contributed by atoms with Crippen LogP contribution in [0.1, 0.15) is 24.1 Å². The van der Waals surface area contributed by atoms with Gasteiger partial charge in [-0.15, -0.1) is 0 Å². The minimum absolute atomic E-state index is 0.401. The number of hydrogen-bond acceptors (Lipinski definition) is 7. The van der Waals surface area contributed by atoms with Gasteiger partial charge < -0.3 is 4.90 Å².